The summed E-state index contributed by atoms with van der Waals surface area (Å²) in [6.45, 7) is 3.37. The molecule has 2 heterocycles. The summed E-state index contributed by atoms with van der Waals surface area (Å²) in [5.74, 6) is -1.20. The molecule has 108 valence electrons. The van der Waals surface area contributed by atoms with Crippen LogP contribution in [-0.2, 0) is 11.3 Å². The van der Waals surface area contributed by atoms with Gasteiger partial charge in [-0.1, -0.05) is 18.5 Å². The van der Waals surface area contributed by atoms with Crippen LogP contribution in [0.15, 0.2) is 0 Å². The molecule has 7 nitrogen and oxygen atoms in total. The summed E-state index contributed by atoms with van der Waals surface area (Å²) in [4.78, 5) is 18.9. The van der Waals surface area contributed by atoms with Gasteiger partial charge in [0.2, 0.25) is 5.28 Å². The normalized spacial score (nSPS) is 11.2. The predicted molar refractivity (Wildman–Crippen MR) is 73.4 cm³/mol. The van der Waals surface area contributed by atoms with Crippen molar-refractivity contribution in [1.29, 1.82) is 0 Å². The van der Waals surface area contributed by atoms with E-state index < -0.39 is 5.97 Å². The highest BCUT2D eigenvalue weighted by Crippen LogP contribution is 2.24. The van der Waals surface area contributed by atoms with Crippen molar-refractivity contribution in [3.05, 3.63) is 16.1 Å². The molecular formula is C11H12Cl2N4O3. The molecule has 20 heavy (non-hydrogen) atoms. The minimum Gasteiger partial charge on any atom is -0.476 e. The molecule has 0 radical (unpaired) electrons. The van der Waals surface area contributed by atoms with Crippen LogP contribution in [0.1, 0.15) is 23.8 Å². The quantitative estimate of drug-likeness (QED) is 0.499. The number of ether oxygens (including phenoxy) is 1. The van der Waals surface area contributed by atoms with Crippen LogP contribution in [0.4, 0.5) is 0 Å². The number of halogens is 2. The molecule has 0 bridgehead atoms. The highest BCUT2D eigenvalue weighted by atomic mass is 35.5. The molecule has 0 unspecified atom stereocenters. The van der Waals surface area contributed by atoms with E-state index in [4.69, 9.17) is 33.0 Å². The van der Waals surface area contributed by atoms with Gasteiger partial charge in [0.25, 0.3) is 0 Å². The maximum Gasteiger partial charge on any atom is 0.358 e. The Balaban J connectivity index is 2.41. The van der Waals surface area contributed by atoms with Gasteiger partial charge in [-0.3, -0.25) is 4.68 Å². The highest BCUT2D eigenvalue weighted by Gasteiger charge is 2.21. The summed E-state index contributed by atoms with van der Waals surface area (Å²) in [6, 6.07) is 0. The number of nitrogens with zero attached hydrogens (tertiary/aromatic N) is 4. The number of aromatic carboxylic acids is 1. The van der Waals surface area contributed by atoms with Crippen LogP contribution in [0, 0.1) is 0 Å². The maximum atomic E-state index is 11.2. The summed E-state index contributed by atoms with van der Waals surface area (Å²) in [6.07, 6.45) is 0.902. The van der Waals surface area contributed by atoms with Crippen molar-refractivity contribution in [3.63, 3.8) is 0 Å². The fourth-order valence-corrected chi connectivity index (χ4v) is 2.20. The van der Waals surface area contributed by atoms with Gasteiger partial charge in [0.15, 0.2) is 10.8 Å². The lowest BCUT2D eigenvalue weighted by atomic mass is 10.3. The zero-order valence-electron chi connectivity index (χ0n) is 10.6. The Bertz CT molecular complexity index is 644. The lowest BCUT2D eigenvalue weighted by Crippen LogP contribution is -2.09. The summed E-state index contributed by atoms with van der Waals surface area (Å²) >= 11 is 11.7. The predicted octanol–water partition coefficient (Wildman–Crippen LogP) is 2.26. The van der Waals surface area contributed by atoms with Crippen LogP contribution in [0.5, 0.6) is 0 Å². The standard InChI is InChI=1S/C11H12Cl2N4O3/c1-2-4-20-5-3-17-8-6(7(16-17)10(18)19)14-11(13)15-9(8)12/h2-5H2,1H3,(H,18,19). The van der Waals surface area contributed by atoms with Crippen molar-refractivity contribution in [2.24, 2.45) is 0 Å². The Morgan fingerprint density at radius 1 is 1.35 bits per heavy atom. The molecule has 1 N–H and O–H groups in total. The molecule has 0 saturated carbocycles. The first kappa shape index (κ1) is 15.0. The monoisotopic (exact) mass is 318 g/mol. The minimum absolute atomic E-state index is 0.0653. The molecule has 9 heteroatoms. The second-order valence-electron chi connectivity index (χ2n) is 3.97. The molecule has 0 aliphatic heterocycles. The third-order valence-electron chi connectivity index (χ3n) is 2.52. The minimum atomic E-state index is -1.20. The first-order chi connectivity index (χ1) is 9.54. The molecule has 0 aliphatic rings. The fourth-order valence-electron chi connectivity index (χ4n) is 1.72. The van der Waals surface area contributed by atoms with Gasteiger partial charge in [-0.15, -0.1) is 0 Å². The second-order valence-corrected chi connectivity index (χ2v) is 4.67. The molecule has 0 spiro atoms. The number of hydrogen-bond donors (Lipinski definition) is 1. The number of aromatic nitrogens is 4. The van der Waals surface area contributed by atoms with E-state index in [0.717, 1.165) is 6.42 Å². The molecule has 0 atom stereocenters. The van der Waals surface area contributed by atoms with Gasteiger partial charge in [0.1, 0.15) is 11.0 Å². The average molecular weight is 319 g/mol. The molecular weight excluding hydrogens is 307 g/mol. The smallest absolute Gasteiger partial charge is 0.358 e. The topological polar surface area (TPSA) is 90.1 Å². The van der Waals surface area contributed by atoms with Crippen LogP contribution >= 0.6 is 23.2 Å². The lowest BCUT2D eigenvalue weighted by Gasteiger charge is -2.04. The Morgan fingerprint density at radius 2 is 2.10 bits per heavy atom. The van der Waals surface area contributed by atoms with Crippen molar-refractivity contribution in [2.75, 3.05) is 13.2 Å². The molecule has 0 aromatic carbocycles. The van der Waals surface area contributed by atoms with Gasteiger partial charge in [0, 0.05) is 6.61 Å². The number of fused-ring (bicyclic) bond motifs is 1. The van der Waals surface area contributed by atoms with Crippen LogP contribution in [0.2, 0.25) is 10.4 Å². The van der Waals surface area contributed by atoms with E-state index in [1.807, 2.05) is 6.92 Å². The number of carboxylic acid groups (broad SMARTS) is 1. The van der Waals surface area contributed by atoms with Gasteiger partial charge >= 0.3 is 5.97 Å². The zero-order valence-corrected chi connectivity index (χ0v) is 12.1. The second kappa shape index (κ2) is 6.34. The summed E-state index contributed by atoms with van der Waals surface area (Å²) < 4.78 is 6.77. The van der Waals surface area contributed by atoms with Gasteiger partial charge < -0.3 is 9.84 Å². The van der Waals surface area contributed by atoms with Crippen LogP contribution < -0.4 is 0 Å². The van der Waals surface area contributed by atoms with E-state index in [9.17, 15) is 4.79 Å². The Kier molecular flexibility index (Phi) is 4.74. The van der Waals surface area contributed by atoms with Gasteiger partial charge in [0.05, 0.1) is 13.2 Å². The first-order valence-corrected chi connectivity index (χ1v) is 6.70. The van der Waals surface area contributed by atoms with Crippen LogP contribution in [-0.4, -0.2) is 44.0 Å². The molecule has 2 aromatic heterocycles. The molecule has 0 saturated heterocycles. The van der Waals surface area contributed by atoms with E-state index in [2.05, 4.69) is 15.1 Å². The highest BCUT2D eigenvalue weighted by molar-refractivity contribution is 6.35. The van der Waals surface area contributed by atoms with E-state index in [-0.39, 0.29) is 21.6 Å². The van der Waals surface area contributed by atoms with E-state index in [0.29, 0.717) is 25.3 Å². The molecule has 0 aliphatic carbocycles. The third-order valence-corrected chi connectivity index (χ3v) is 2.95. The van der Waals surface area contributed by atoms with Crippen LogP contribution in [0.25, 0.3) is 11.0 Å². The van der Waals surface area contributed by atoms with Gasteiger partial charge in [-0.05, 0) is 18.0 Å². The van der Waals surface area contributed by atoms with Crippen molar-refractivity contribution in [1.82, 2.24) is 19.7 Å². The summed E-state index contributed by atoms with van der Waals surface area (Å²) in [5, 5.41) is 13.1. The molecule has 0 amide bonds. The van der Waals surface area contributed by atoms with Gasteiger partial charge in [-0.2, -0.15) is 5.10 Å². The van der Waals surface area contributed by atoms with Crippen molar-refractivity contribution < 1.29 is 14.6 Å². The van der Waals surface area contributed by atoms with E-state index >= 15 is 0 Å². The zero-order chi connectivity index (χ0) is 14.7. The summed E-state index contributed by atoms with van der Waals surface area (Å²) in [7, 11) is 0. The number of rotatable bonds is 6. The molecule has 0 fully saturated rings. The molecule has 2 rings (SSSR count). The third kappa shape index (κ3) is 3.00. The fraction of sp³-hybridized carbons (Fsp3) is 0.455. The Morgan fingerprint density at radius 3 is 2.75 bits per heavy atom. The van der Waals surface area contributed by atoms with E-state index in [1.54, 1.807) is 0 Å². The lowest BCUT2D eigenvalue weighted by molar-refractivity contribution is 0.0690. The number of carbonyl (C=O) groups is 1. The maximum absolute atomic E-state index is 11.2. The SMILES string of the molecule is CCCOCCn1nc(C(=O)O)c2nc(Cl)nc(Cl)c21. The van der Waals surface area contributed by atoms with E-state index in [1.165, 1.54) is 4.68 Å². The van der Waals surface area contributed by atoms with Crippen molar-refractivity contribution in [3.8, 4) is 0 Å². The molecule has 2 aromatic rings. The summed E-state index contributed by atoms with van der Waals surface area (Å²) in [5.41, 5.74) is 0.258. The Labute approximate surface area is 124 Å². The Hall–Kier alpha value is -1.44. The van der Waals surface area contributed by atoms with Crippen molar-refractivity contribution >= 4 is 40.2 Å². The van der Waals surface area contributed by atoms with Crippen LogP contribution in [0.3, 0.4) is 0 Å². The average Bonchev–Trinajstić information content (AvgIpc) is 2.73. The largest absolute Gasteiger partial charge is 0.476 e. The number of carboxylic acids is 1. The van der Waals surface area contributed by atoms with Crippen molar-refractivity contribution in [2.45, 2.75) is 19.9 Å². The van der Waals surface area contributed by atoms with Gasteiger partial charge in [-0.25, -0.2) is 14.8 Å². The number of hydrogen-bond acceptors (Lipinski definition) is 5. The first-order valence-electron chi connectivity index (χ1n) is 5.95.